The summed E-state index contributed by atoms with van der Waals surface area (Å²) in [7, 11) is 1.56. The molecule has 23 heteroatoms. The Morgan fingerprint density at radius 3 is 2.09 bits per heavy atom. The highest BCUT2D eigenvalue weighted by Gasteiger charge is 2.50. The standard InChI is InChI=1S/C52H51ClF2N6O14/c1-32-37(19-20-56-49(32)71-23-22-69-2)27-58(38-15-16-38)50(62)46-42(36-13-11-33(12-14-36)8-5-21-70-48-44(55)18-17-43(54)47(48)53)26-39-28-57(51(63)74-40-9-3-6-34(24-40)30-72-60(65)66)29-45(46)59(39)52(64)75-41-10-4-7-35(25-41)31-73-61(67)68/h3-4,6-7,9-14,17-20,24-25,38-39,45H,5,8,15-16,21-23,26-31H2,1-2H3. The summed E-state index contributed by atoms with van der Waals surface area (Å²) in [5.41, 5.74) is 4.56. The first-order valence-corrected chi connectivity index (χ1v) is 24.2. The summed E-state index contributed by atoms with van der Waals surface area (Å²) < 4.78 is 56.8. The van der Waals surface area contributed by atoms with E-state index in [1.165, 1.54) is 34.1 Å². The van der Waals surface area contributed by atoms with Gasteiger partial charge in [0, 0.05) is 50.1 Å². The molecule has 1 saturated heterocycles. The zero-order chi connectivity index (χ0) is 53.2. The number of benzene rings is 4. The van der Waals surface area contributed by atoms with E-state index in [4.69, 9.17) is 35.3 Å². The quantitative estimate of drug-likeness (QED) is 0.0273. The number of piperazine rings is 1. The predicted octanol–water partition coefficient (Wildman–Crippen LogP) is 8.88. The van der Waals surface area contributed by atoms with Crippen molar-refractivity contribution in [3.05, 3.63) is 173 Å². The van der Waals surface area contributed by atoms with Gasteiger partial charge in [0.05, 0.1) is 25.3 Å². The fraction of sp³-hybridized carbons (Fsp3) is 0.346. The molecule has 2 bridgehead atoms. The molecule has 2 fully saturated rings. The van der Waals surface area contributed by atoms with Crippen molar-refractivity contribution in [3.63, 3.8) is 0 Å². The van der Waals surface area contributed by atoms with E-state index in [1.54, 1.807) is 42.5 Å². The molecule has 0 spiro atoms. The molecule has 1 saturated carbocycles. The fourth-order valence-corrected chi connectivity index (χ4v) is 9.20. The smallest absolute Gasteiger partial charge is 0.416 e. The first kappa shape index (κ1) is 53.2. The molecule has 3 heterocycles. The van der Waals surface area contributed by atoms with Crippen LogP contribution in [0.2, 0.25) is 5.02 Å². The van der Waals surface area contributed by atoms with E-state index in [2.05, 4.69) is 14.7 Å². The first-order valence-electron chi connectivity index (χ1n) is 23.8. The molecule has 20 nitrogen and oxygen atoms in total. The van der Waals surface area contributed by atoms with Gasteiger partial charge in [0.2, 0.25) is 5.88 Å². The zero-order valence-electron chi connectivity index (χ0n) is 40.7. The molecule has 8 rings (SSSR count). The number of amides is 3. The highest BCUT2D eigenvalue weighted by molar-refractivity contribution is 6.32. The van der Waals surface area contributed by atoms with Crippen molar-refractivity contribution >= 4 is 35.3 Å². The van der Waals surface area contributed by atoms with Crippen LogP contribution in [0.15, 0.2) is 103 Å². The number of carbonyl (C=O) groups excluding carboxylic acids is 3. The number of nitrogens with zero attached hydrogens (tertiary/aromatic N) is 6. The predicted molar refractivity (Wildman–Crippen MR) is 263 cm³/mol. The summed E-state index contributed by atoms with van der Waals surface area (Å²) in [5, 5.41) is 19.6. The van der Waals surface area contributed by atoms with E-state index in [1.807, 2.05) is 37.3 Å². The van der Waals surface area contributed by atoms with Gasteiger partial charge in [0.25, 0.3) is 16.1 Å². The molecule has 1 aromatic heterocycles. The minimum Gasteiger partial charge on any atom is -0.489 e. The van der Waals surface area contributed by atoms with E-state index in [0.717, 1.165) is 23.3 Å². The van der Waals surface area contributed by atoms with Gasteiger partial charge in [-0.25, -0.2) is 23.4 Å². The van der Waals surface area contributed by atoms with Gasteiger partial charge >= 0.3 is 12.2 Å². The van der Waals surface area contributed by atoms with Gasteiger partial charge in [-0.3, -0.25) is 9.69 Å². The summed E-state index contributed by atoms with van der Waals surface area (Å²) in [6.07, 6.45) is 2.27. The van der Waals surface area contributed by atoms with E-state index in [0.29, 0.717) is 66.0 Å². The summed E-state index contributed by atoms with van der Waals surface area (Å²) in [5.74, 6) is -1.87. The Hall–Kier alpha value is -8.11. The molecule has 4 aromatic carbocycles. The van der Waals surface area contributed by atoms with E-state index < -0.39 is 70.2 Å². The Kier molecular flexibility index (Phi) is 17.2. The number of ether oxygens (including phenoxy) is 5. The molecule has 394 valence electrons. The molecule has 3 aliphatic rings. The maximum atomic E-state index is 15.8. The molecule has 0 radical (unpaired) electrons. The lowest BCUT2D eigenvalue weighted by Crippen LogP contribution is -2.66. The number of hydrogen-bond acceptors (Lipinski definition) is 15. The second-order valence-electron chi connectivity index (χ2n) is 17.8. The van der Waals surface area contributed by atoms with Crippen LogP contribution < -0.4 is 18.9 Å². The third-order valence-electron chi connectivity index (χ3n) is 12.8. The number of fused-ring (bicyclic) bond motifs is 2. The van der Waals surface area contributed by atoms with Gasteiger partial charge in [-0.05, 0) is 115 Å². The van der Waals surface area contributed by atoms with Crippen LogP contribution in [0.25, 0.3) is 5.57 Å². The monoisotopic (exact) mass is 1060 g/mol. The van der Waals surface area contributed by atoms with Crippen molar-refractivity contribution in [2.45, 2.75) is 76.9 Å². The number of hydrogen-bond donors (Lipinski definition) is 0. The highest BCUT2D eigenvalue weighted by Crippen LogP contribution is 2.42. The second kappa shape index (κ2) is 24.3. The van der Waals surface area contributed by atoms with Crippen LogP contribution in [0.3, 0.4) is 0 Å². The van der Waals surface area contributed by atoms with Crippen LogP contribution in [-0.4, -0.2) is 106 Å². The molecule has 2 atom stereocenters. The number of halogens is 3. The van der Waals surface area contributed by atoms with Crippen LogP contribution in [0, 0.1) is 38.8 Å². The second-order valence-corrected chi connectivity index (χ2v) is 18.2. The van der Waals surface area contributed by atoms with Crippen LogP contribution in [0.5, 0.6) is 23.1 Å². The Morgan fingerprint density at radius 2 is 1.45 bits per heavy atom. The maximum Gasteiger partial charge on any atom is 0.416 e. The van der Waals surface area contributed by atoms with Gasteiger partial charge < -0.3 is 43.2 Å². The van der Waals surface area contributed by atoms with Gasteiger partial charge in [0.1, 0.15) is 42.2 Å². The minimum absolute atomic E-state index is 0.0347. The Labute approximate surface area is 433 Å². The largest absolute Gasteiger partial charge is 0.489 e. The third kappa shape index (κ3) is 13.4. The van der Waals surface area contributed by atoms with Crippen LogP contribution in [-0.2, 0) is 45.4 Å². The average molecular weight is 1060 g/mol. The van der Waals surface area contributed by atoms with Gasteiger partial charge in [0.15, 0.2) is 11.6 Å². The van der Waals surface area contributed by atoms with Crippen molar-refractivity contribution < 1.29 is 66.7 Å². The first-order chi connectivity index (χ1) is 36.2. The number of carbonyl (C=O) groups is 3. The molecule has 2 unspecified atom stereocenters. The topological polar surface area (TPSA) is 225 Å². The zero-order valence-corrected chi connectivity index (χ0v) is 41.5. The Bertz CT molecular complexity index is 2960. The lowest BCUT2D eigenvalue weighted by Gasteiger charge is -2.50. The molecule has 5 aromatic rings. The normalized spacial score (nSPS) is 16.0. The van der Waals surface area contributed by atoms with Gasteiger partial charge in [-0.15, -0.1) is 20.2 Å². The molecule has 3 amide bonds. The SMILES string of the molecule is COCCOc1nccc(CN(C(=O)C2=C(c3ccc(CCCOc4c(F)ccc(F)c4Cl)cc3)CC3CN(C(=O)Oc4cccc(CO[N+](=O)[O-])c4)CC2N3C(=O)Oc2cccc(CO[N+](=O)[O-])c2)C2CC2)c1C. The van der Waals surface area contributed by atoms with Crippen molar-refractivity contribution in [1.29, 1.82) is 0 Å². The lowest BCUT2D eigenvalue weighted by atomic mass is 9.81. The van der Waals surface area contributed by atoms with Crippen molar-refractivity contribution in [2.24, 2.45) is 0 Å². The minimum atomic E-state index is -1.14. The number of aromatic nitrogens is 1. The number of rotatable bonds is 22. The molecule has 1 aliphatic carbocycles. The van der Waals surface area contributed by atoms with Crippen LogP contribution >= 0.6 is 11.6 Å². The Balaban J connectivity index is 1.15. The van der Waals surface area contributed by atoms with Crippen molar-refractivity contribution in [2.75, 3.05) is 40.0 Å². The molecule has 75 heavy (non-hydrogen) atoms. The number of aryl methyl sites for hydroxylation is 1. The molecule has 0 N–H and O–H groups in total. The third-order valence-corrected chi connectivity index (χ3v) is 13.1. The lowest BCUT2D eigenvalue weighted by molar-refractivity contribution is -0.763. The van der Waals surface area contributed by atoms with E-state index >= 15 is 4.79 Å². The molecule has 2 aliphatic heterocycles. The highest BCUT2D eigenvalue weighted by atomic mass is 35.5. The molecular formula is C52H51ClF2N6O14. The maximum absolute atomic E-state index is 15.8. The van der Waals surface area contributed by atoms with Crippen molar-refractivity contribution in [1.82, 2.24) is 19.7 Å². The number of methoxy groups -OCH3 is 1. The fourth-order valence-electron chi connectivity index (χ4n) is 9.00. The molecular weight excluding hydrogens is 1010 g/mol. The summed E-state index contributed by atoms with van der Waals surface area (Å²) in [4.78, 5) is 84.7. The van der Waals surface area contributed by atoms with Crippen LogP contribution in [0.4, 0.5) is 18.4 Å². The number of pyridine rings is 1. The average Bonchev–Trinajstić information content (AvgIpc) is 4.24. The van der Waals surface area contributed by atoms with Crippen LogP contribution in [0.1, 0.15) is 59.1 Å². The summed E-state index contributed by atoms with van der Waals surface area (Å²) in [6.45, 7) is 1.47. The van der Waals surface area contributed by atoms with Crippen molar-refractivity contribution in [3.8, 4) is 23.1 Å². The van der Waals surface area contributed by atoms with E-state index in [-0.39, 0.29) is 68.1 Å². The summed E-state index contributed by atoms with van der Waals surface area (Å²) in [6, 6.07) is 21.1. The van der Waals surface area contributed by atoms with Gasteiger partial charge in [-0.2, -0.15) is 0 Å². The van der Waals surface area contributed by atoms with Gasteiger partial charge in [-0.1, -0.05) is 60.1 Å². The van der Waals surface area contributed by atoms with E-state index in [9.17, 15) is 38.6 Å². The Morgan fingerprint density at radius 1 is 0.800 bits per heavy atom. The summed E-state index contributed by atoms with van der Waals surface area (Å²) >= 11 is 5.96.